The van der Waals surface area contributed by atoms with Gasteiger partial charge in [0.2, 0.25) is 5.91 Å². The number of nitrogens with zero attached hydrogens (tertiary/aromatic N) is 1. The van der Waals surface area contributed by atoms with E-state index in [0.29, 0.717) is 25.3 Å². The van der Waals surface area contributed by atoms with Gasteiger partial charge in [-0.1, -0.05) is 28.1 Å². The van der Waals surface area contributed by atoms with Gasteiger partial charge in [-0.3, -0.25) is 9.59 Å². The van der Waals surface area contributed by atoms with E-state index < -0.39 is 0 Å². The van der Waals surface area contributed by atoms with E-state index in [2.05, 4.69) is 21.2 Å². The molecule has 2 aromatic carbocycles. The second kappa shape index (κ2) is 10.5. The number of halogens is 2. The minimum absolute atomic E-state index is 0.00451. The fourth-order valence-electron chi connectivity index (χ4n) is 3.29. The van der Waals surface area contributed by atoms with Crippen LogP contribution in [0.25, 0.3) is 0 Å². The zero-order valence-electron chi connectivity index (χ0n) is 16.1. The van der Waals surface area contributed by atoms with E-state index >= 15 is 0 Å². The standard InChI is InChI=1S/C22H24BrFN2O3/c23-18-8-6-17(7-9-18)22(28)25-11-10-21(27)26(15-20-5-2-12-29-20)14-16-3-1-4-19(24)13-16/h1,3-4,6-9,13,20H,2,5,10-12,14-15H2,(H,25,28). The van der Waals surface area contributed by atoms with Crippen molar-refractivity contribution in [3.8, 4) is 0 Å². The van der Waals surface area contributed by atoms with E-state index in [4.69, 9.17) is 4.74 Å². The summed E-state index contributed by atoms with van der Waals surface area (Å²) < 4.78 is 20.1. The molecular weight excluding hydrogens is 439 g/mol. The fraction of sp³-hybridized carbons (Fsp3) is 0.364. The molecule has 0 bridgehead atoms. The number of benzene rings is 2. The molecule has 2 aromatic rings. The van der Waals surface area contributed by atoms with Crippen molar-refractivity contribution >= 4 is 27.7 Å². The number of hydrogen-bond acceptors (Lipinski definition) is 3. The summed E-state index contributed by atoms with van der Waals surface area (Å²) in [6, 6.07) is 13.3. The molecule has 7 heteroatoms. The molecule has 1 aliphatic rings. The van der Waals surface area contributed by atoms with Crippen LogP contribution in [0.15, 0.2) is 53.0 Å². The van der Waals surface area contributed by atoms with Crippen molar-refractivity contribution < 1.29 is 18.7 Å². The van der Waals surface area contributed by atoms with Gasteiger partial charge in [-0.15, -0.1) is 0 Å². The largest absolute Gasteiger partial charge is 0.376 e. The van der Waals surface area contributed by atoms with E-state index in [-0.39, 0.29) is 36.7 Å². The molecule has 5 nitrogen and oxygen atoms in total. The molecule has 1 saturated heterocycles. The molecule has 1 N–H and O–H groups in total. The molecule has 0 saturated carbocycles. The maximum absolute atomic E-state index is 13.5. The molecule has 1 unspecified atom stereocenters. The Morgan fingerprint density at radius 2 is 2.00 bits per heavy atom. The summed E-state index contributed by atoms with van der Waals surface area (Å²) in [5, 5.41) is 2.78. The Hall–Kier alpha value is -2.25. The van der Waals surface area contributed by atoms with Crippen molar-refractivity contribution in [3.05, 3.63) is 69.9 Å². The smallest absolute Gasteiger partial charge is 0.251 e. The highest BCUT2D eigenvalue weighted by atomic mass is 79.9. The van der Waals surface area contributed by atoms with Gasteiger partial charge < -0.3 is 15.0 Å². The summed E-state index contributed by atoms with van der Waals surface area (Å²) in [6.07, 6.45) is 2.07. The fourth-order valence-corrected chi connectivity index (χ4v) is 3.55. The van der Waals surface area contributed by atoms with Gasteiger partial charge in [-0.25, -0.2) is 4.39 Å². The van der Waals surface area contributed by atoms with E-state index in [1.165, 1.54) is 12.1 Å². The highest BCUT2D eigenvalue weighted by molar-refractivity contribution is 9.10. The van der Waals surface area contributed by atoms with Gasteiger partial charge in [-0.05, 0) is 54.8 Å². The van der Waals surface area contributed by atoms with Crippen LogP contribution < -0.4 is 5.32 Å². The highest BCUT2D eigenvalue weighted by Crippen LogP contribution is 2.16. The lowest BCUT2D eigenvalue weighted by atomic mass is 10.1. The molecule has 2 amide bonds. The third-order valence-electron chi connectivity index (χ3n) is 4.79. The number of carbonyl (C=O) groups is 2. The number of ether oxygens (including phenoxy) is 1. The minimum atomic E-state index is -0.325. The Morgan fingerprint density at radius 3 is 2.69 bits per heavy atom. The van der Waals surface area contributed by atoms with Gasteiger partial charge in [0.25, 0.3) is 5.91 Å². The first kappa shape index (κ1) is 21.5. The van der Waals surface area contributed by atoms with E-state index in [0.717, 1.165) is 22.9 Å². The van der Waals surface area contributed by atoms with Crippen molar-refractivity contribution in [2.45, 2.75) is 31.9 Å². The van der Waals surface area contributed by atoms with Crippen LogP contribution in [0.4, 0.5) is 4.39 Å². The summed E-state index contributed by atoms with van der Waals surface area (Å²) >= 11 is 3.33. The topological polar surface area (TPSA) is 58.6 Å². The van der Waals surface area contributed by atoms with Crippen LogP contribution in [0, 0.1) is 5.82 Å². The zero-order valence-corrected chi connectivity index (χ0v) is 17.7. The van der Waals surface area contributed by atoms with Gasteiger partial charge in [0.15, 0.2) is 0 Å². The van der Waals surface area contributed by atoms with Gasteiger partial charge in [0, 0.05) is 42.7 Å². The second-order valence-electron chi connectivity index (χ2n) is 7.05. The van der Waals surface area contributed by atoms with Crippen LogP contribution in [0.1, 0.15) is 35.2 Å². The Labute approximate surface area is 178 Å². The molecule has 1 aliphatic heterocycles. The normalized spacial score (nSPS) is 15.9. The molecule has 1 atom stereocenters. The number of carbonyl (C=O) groups excluding carboxylic acids is 2. The van der Waals surface area contributed by atoms with Crippen LogP contribution in [0.5, 0.6) is 0 Å². The quantitative estimate of drug-likeness (QED) is 0.646. The Bertz CT molecular complexity index is 838. The lowest BCUT2D eigenvalue weighted by Crippen LogP contribution is -2.38. The van der Waals surface area contributed by atoms with Crippen LogP contribution in [-0.2, 0) is 16.1 Å². The molecule has 3 rings (SSSR count). The summed E-state index contributed by atoms with van der Waals surface area (Å²) in [5.41, 5.74) is 1.27. The molecule has 1 fully saturated rings. The molecule has 0 radical (unpaired) electrons. The Balaban J connectivity index is 1.56. The van der Waals surface area contributed by atoms with Gasteiger partial charge in [-0.2, -0.15) is 0 Å². The summed E-state index contributed by atoms with van der Waals surface area (Å²) in [4.78, 5) is 26.7. The number of nitrogens with one attached hydrogen (secondary N) is 1. The SMILES string of the molecule is O=C(NCCC(=O)N(Cc1cccc(F)c1)CC1CCCO1)c1ccc(Br)cc1. The molecule has 29 heavy (non-hydrogen) atoms. The van der Waals surface area contributed by atoms with Crippen molar-refractivity contribution in [2.75, 3.05) is 19.7 Å². The van der Waals surface area contributed by atoms with E-state index in [1.807, 2.05) is 0 Å². The molecular formula is C22H24BrFN2O3. The van der Waals surface area contributed by atoms with Gasteiger partial charge >= 0.3 is 0 Å². The van der Waals surface area contributed by atoms with Gasteiger partial charge in [0.1, 0.15) is 5.82 Å². The van der Waals surface area contributed by atoms with Crippen LogP contribution in [-0.4, -0.2) is 42.5 Å². The molecule has 1 heterocycles. The van der Waals surface area contributed by atoms with E-state index in [9.17, 15) is 14.0 Å². The van der Waals surface area contributed by atoms with Crippen molar-refractivity contribution in [1.29, 1.82) is 0 Å². The molecule has 0 aliphatic carbocycles. The predicted molar refractivity (Wildman–Crippen MR) is 112 cm³/mol. The number of amides is 2. The number of rotatable bonds is 8. The highest BCUT2D eigenvalue weighted by Gasteiger charge is 2.23. The molecule has 0 aromatic heterocycles. The average molecular weight is 463 g/mol. The first-order valence-corrected chi connectivity index (χ1v) is 10.5. The third kappa shape index (κ3) is 6.65. The first-order valence-electron chi connectivity index (χ1n) is 9.69. The van der Waals surface area contributed by atoms with Crippen LogP contribution in [0.3, 0.4) is 0 Å². The van der Waals surface area contributed by atoms with Crippen molar-refractivity contribution in [2.24, 2.45) is 0 Å². The summed E-state index contributed by atoms with van der Waals surface area (Å²) in [6.45, 7) is 1.72. The lowest BCUT2D eigenvalue weighted by Gasteiger charge is -2.26. The molecule has 0 spiro atoms. The Kier molecular flexibility index (Phi) is 7.77. The zero-order chi connectivity index (χ0) is 20.6. The maximum atomic E-state index is 13.5. The van der Waals surface area contributed by atoms with Crippen LogP contribution >= 0.6 is 15.9 Å². The van der Waals surface area contributed by atoms with Crippen molar-refractivity contribution in [1.82, 2.24) is 10.2 Å². The summed E-state index contributed by atoms with van der Waals surface area (Å²) in [5.74, 6) is -0.643. The van der Waals surface area contributed by atoms with E-state index in [1.54, 1.807) is 41.3 Å². The monoisotopic (exact) mass is 462 g/mol. The van der Waals surface area contributed by atoms with Crippen LogP contribution in [0.2, 0.25) is 0 Å². The minimum Gasteiger partial charge on any atom is -0.376 e. The van der Waals surface area contributed by atoms with Crippen molar-refractivity contribution in [3.63, 3.8) is 0 Å². The second-order valence-corrected chi connectivity index (χ2v) is 7.97. The number of hydrogen-bond donors (Lipinski definition) is 1. The van der Waals surface area contributed by atoms with Gasteiger partial charge in [0.05, 0.1) is 6.10 Å². The summed E-state index contributed by atoms with van der Waals surface area (Å²) in [7, 11) is 0. The molecule has 154 valence electrons. The first-order chi connectivity index (χ1) is 14.0. The lowest BCUT2D eigenvalue weighted by molar-refractivity contribution is -0.133. The Morgan fingerprint density at radius 1 is 1.21 bits per heavy atom. The predicted octanol–water partition coefficient (Wildman–Crippen LogP) is 3.92. The third-order valence-corrected chi connectivity index (χ3v) is 5.32. The maximum Gasteiger partial charge on any atom is 0.251 e. The average Bonchev–Trinajstić information content (AvgIpc) is 3.21.